The van der Waals surface area contributed by atoms with Crippen molar-refractivity contribution in [1.82, 2.24) is 0 Å². The Morgan fingerprint density at radius 1 is 0.464 bits per heavy atom. The highest BCUT2D eigenvalue weighted by Gasteiger charge is 2.27. The van der Waals surface area contributed by atoms with Gasteiger partial charge in [-0.2, -0.15) is 0 Å². The van der Waals surface area contributed by atoms with Crippen LogP contribution in [0.3, 0.4) is 0 Å². The Bertz CT molecular complexity index is 992. The molecule has 0 atom stereocenters. The van der Waals surface area contributed by atoms with Gasteiger partial charge in [-0.3, -0.25) is 0 Å². The van der Waals surface area contributed by atoms with Crippen LogP contribution < -0.4 is 20.9 Å². The second-order valence-corrected chi connectivity index (χ2v) is 8.42. The lowest BCUT2D eigenvalue weighted by Crippen LogP contribution is -2.27. The Kier molecular flexibility index (Phi) is 6.15. The molecule has 2 aliphatic rings. The average Bonchev–Trinajstić information content (AvgIpc) is 3.22. The Hall–Kier alpha value is -2.08. The third kappa shape index (κ3) is 3.50. The molecule has 146 valence electrons. The lowest BCUT2D eigenvalue weighted by atomic mass is 9.93. The molecule has 0 spiro atoms. The van der Waals surface area contributed by atoms with E-state index in [-0.39, 0.29) is 0 Å². The summed E-state index contributed by atoms with van der Waals surface area (Å²) in [6, 6.07) is 18.3. The normalized spacial score (nSPS) is 14.5. The van der Waals surface area contributed by atoms with Crippen LogP contribution in [0.4, 0.5) is 0 Å². The Balaban J connectivity index is 1.81. The van der Waals surface area contributed by atoms with Crippen molar-refractivity contribution in [3.05, 3.63) is 69.4 Å². The van der Waals surface area contributed by atoms with Crippen LogP contribution in [0, 0.1) is 0 Å². The molecule has 2 aliphatic carbocycles. The van der Waals surface area contributed by atoms with Gasteiger partial charge in [-0.1, -0.05) is 101 Å². The standard InChI is InChI=1S/C28H34/c1-3-5-7-9-17-23-21-15-11-13-19-25(21)28-24(18-10-8-6-4-2)22-16-12-14-20-26(22)27(23)28/h11-16,19-20H,3-10,17-18H2,1-2H3. The molecule has 0 saturated heterocycles. The number of rotatable bonds is 10. The summed E-state index contributed by atoms with van der Waals surface area (Å²) in [5.74, 6) is 0. The quantitative estimate of drug-likeness (QED) is 0.519. The molecule has 0 nitrogen and oxygen atoms in total. The lowest BCUT2D eigenvalue weighted by molar-refractivity contribution is 0.679. The maximum absolute atomic E-state index is 2.36. The van der Waals surface area contributed by atoms with Gasteiger partial charge in [0.1, 0.15) is 0 Å². The van der Waals surface area contributed by atoms with Gasteiger partial charge in [0, 0.05) is 0 Å². The largest absolute Gasteiger partial charge is 0.0654 e. The molecule has 0 bridgehead atoms. The fourth-order valence-corrected chi connectivity index (χ4v) is 5.07. The topological polar surface area (TPSA) is 0 Å². The third-order valence-corrected chi connectivity index (χ3v) is 6.46. The monoisotopic (exact) mass is 370 g/mol. The Labute approximate surface area is 170 Å². The van der Waals surface area contributed by atoms with E-state index in [2.05, 4.69) is 62.4 Å². The van der Waals surface area contributed by atoms with Crippen molar-refractivity contribution in [3.8, 4) is 0 Å². The van der Waals surface area contributed by atoms with Gasteiger partial charge in [0.2, 0.25) is 0 Å². The lowest BCUT2D eigenvalue weighted by Gasteiger charge is -2.10. The van der Waals surface area contributed by atoms with Gasteiger partial charge in [0.15, 0.2) is 0 Å². The van der Waals surface area contributed by atoms with Gasteiger partial charge in [-0.05, 0) is 68.9 Å². The van der Waals surface area contributed by atoms with Crippen molar-refractivity contribution in [3.63, 3.8) is 0 Å². The van der Waals surface area contributed by atoms with Crippen molar-refractivity contribution in [1.29, 1.82) is 0 Å². The fourth-order valence-electron chi connectivity index (χ4n) is 5.07. The minimum atomic E-state index is 1.22. The van der Waals surface area contributed by atoms with Crippen molar-refractivity contribution < 1.29 is 0 Å². The van der Waals surface area contributed by atoms with Gasteiger partial charge in [-0.15, -0.1) is 0 Å². The summed E-state index contributed by atoms with van der Waals surface area (Å²) in [6.07, 6.45) is 13.1. The predicted molar refractivity (Wildman–Crippen MR) is 123 cm³/mol. The first-order valence-electron chi connectivity index (χ1n) is 11.5. The van der Waals surface area contributed by atoms with E-state index in [9.17, 15) is 0 Å². The molecule has 0 radical (unpaired) electrons. The Morgan fingerprint density at radius 2 is 0.857 bits per heavy atom. The second-order valence-electron chi connectivity index (χ2n) is 8.42. The van der Waals surface area contributed by atoms with E-state index < -0.39 is 0 Å². The third-order valence-electron chi connectivity index (χ3n) is 6.46. The van der Waals surface area contributed by atoms with E-state index in [0.717, 1.165) is 0 Å². The first kappa shape index (κ1) is 19.2. The van der Waals surface area contributed by atoms with Crippen LogP contribution in [-0.4, -0.2) is 0 Å². The molecule has 0 aromatic heterocycles. The van der Waals surface area contributed by atoms with Crippen LogP contribution in [0.25, 0.3) is 22.3 Å². The molecule has 28 heavy (non-hydrogen) atoms. The molecular formula is C28H34. The summed E-state index contributed by atoms with van der Waals surface area (Å²) in [5, 5.41) is 5.99. The van der Waals surface area contributed by atoms with Crippen LogP contribution in [-0.2, 0) is 0 Å². The zero-order valence-corrected chi connectivity index (χ0v) is 17.7. The molecule has 0 aliphatic heterocycles. The van der Waals surface area contributed by atoms with Crippen molar-refractivity contribution in [2.45, 2.75) is 78.1 Å². The number of hydrogen-bond acceptors (Lipinski definition) is 0. The molecule has 0 N–H and O–H groups in total. The molecular weight excluding hydrogens is 336 g/mol. The molecule has 0 unspecified atom stereocenters. The molecule has 0 saturated carbocycles. The highest BCUT2D eigenvalue weighted by Crippen LogP contribution is 2.36. The van der Waals surface area contributed by atoms with Crippen LogP contribution in [0.5, 0.6) is 0 Å². The molecule has 0 fully saturated rings. The second kappa shape index (κ2) is 8.95. The van der Waals surface area contributed by atoms with E-state index in [1.807, 2.05) is 0 Å². The summed E-state index contributed by atoms with van der Waals surface area (Å²) in [6.45, 7) is 4.59. The van der Waals surface area contributed by atoms with E-state index in [4.69, 9.17) is 0 Å². The maximum Gasteiger partial charge on any atom is -0.00578 e. The molecule has 0 amide bonds. The fraction of sp³-hybridized carbons (Fsp3) is 0.429. The summed E-state index contributed by atoms with van der Waals surface area (Å²) in [7, 11) is 0. The summed E-state index contributed by atoms with van der Waals surface area (Å²) >= 11 is 0. The van der Waals surface area contributed by atoms with Crippen LogP contribution >= 0.6 is 0 Å². The van der Waals surface area contributed by atoms with Gasteiger partial charge >= 0.3 is 0 Å². The number of benzene rings is 2. The minimum Gasteiger partial charge on any atom is -0.0654 e. The highest BCUT2D eigenvalue weighted by atomic mass is 14.3. The van der Waals surface area contributed by atoms with Crippen molar-refractivity contribution >= 4 is 22.3 Å². The highest BCUT2D eigenvalue weighted by molar-refractivity contribution is 6.26. The number of fused-ring (bicyclic) bond motifs is 3. The summed E-state index contributed by atoms with van der Waals surface area (Å²) in [5.41, 5.74) is 6.35. The average molecular weight is 371 g/mol. The summed E-state index contributed by atoms with van der Waals surface area (Å²) < 4.78 is 0. The minimum absolute atomic E-state index is 1.22. The first-order chi connectivity index (χ1) is 13.9. The smallest absolute Gasteiger partial charge is 0.00578 e. The zero-order valence-electron chi connectivity index (χ0n) is 17.7. The Morgan fingerprint density at radius 3 is 1.25 bits per heavy atom. The molecule has 0 heteroatoms. The predicted octanol–water partition coefficient (Wildman–Crippen LogP) is 4.96. The SMILES string of the molecule is CCCCCCC1=c2ccccc2=C2C(CCCCCC)=c3ccccc3=C12. The number of hydrogen-bond donors (Lipinski definition) is 0. The van der Waals surface area contributed by atoms with E-state index in [1.54, 1.807) is 22.3 Å². The summed E-state index contributed by atoms with van der Waals surface area (Å²) in [4.78, 5) is 0. The van der Waals surface area contributed by atoms with Gasteiger partial charge in [-0.25, -0.2) is 0 Å². The molecule has 0 heterocycles. The zero-order chi connectivity index (χ0) is 19.3. The van der Waals surface area contributed by atoms with E-state index in [1.165, 1.54) is 85.1 Å². The maximum atomic E-state index is 2.36. The van der Waals surface area contributed by atoms with E-state index in [0.29, 0.717) is 0 Å². The van der Waals surface area contributed by atoms with Crippen LogP contribution in [0.2, 0.25) is 0 Å². The van der Waals surface area contributed by atoms with Gasteiger partial charge < -0.3 is 0 Å². The van der Waals surface area contributed by atoms with Crippen LogP contribution in [0.15, 0.2) is 48.5 Å². The van der Waals surface area contributed by atoms with Crippen LogP contribution in [0.1, 0.15) is 78.1 Å². The molecule has 2 aromatic rings. The molecule has 4 rings (SSSR count). The van der Waals surface area contributed by atoms with Crippen molar-refractivity contribution in [2.75, 3.05) is 0 Å². The first-order valence-corrected chi connectivity index (χ1v) is 11.5. The van der Waals surface area contributed by atoms with E-state index >= 15 is 0 Å². The van der Waals surface area contributed by atoms with Gasteiger partial charge in [0.05, 0.1) is 0 Å². The number of unbranched alkanes of at least 4 members (excludes halogenated alkanes) is 6. The van der Waals surface area contributed by atoms with Crippen molar-refractivity contribution in [2.24, 2.45) is 0 Å². The van der Waals surface area contributed by atoms with Gasteiger partial charge in [0.25, 0.3) is 0 Å². The molecule has 2 aromatic carbocycles.